The van der Waals surface area contributed by atoms with E-state index >= 15 is 0 Å². The van der Waals surface area contributed by atoms with Gasteiger partial charge in [0.25, 0.3) is 0 Å². The number of anilines is 1. The first-order chi connectivity index (χ1) is 9.08. The maximum absolute atomic E-state index is 10.5. The van der Waals surface area contributed by atoms with E-state index in [1.54, 1.807) is 6.20 Å². The molecule has 19 heavy (non-hydrogen) atoms. The largest absolute Gasteiger partial charge is 0.481 e. The third kappa shape index (κ3) is 3.18. The third-order valence-corrected chi connectivity index (χ3v) is 2.97. The van der Waals surface area contributed by atoms with Gasteiger partial charge in [0.05, 0.1) is 0 Å². The van der Waals surface area contributed by atoms with Crippen LogP contribution in [0.1, 0.15) is 25.6 Å². The lowest BCUT2D eigenvalue weighted by molar-refractivity contribution is -0.137. The van der Waals surface area contributed by atoms with Crippen LogP contribution in [0, 0.1) is 12.8 Å². The van der Waals surface area contributed by atoms with Gasteiger partial charge in [0.2, 0.25) is 5.65 Å². The van der Waals surface area contributed by atoms with Crippen molar-refractivity contribution in [2.24, 2.45) is 5.92 Å². The summed E-state index contributed by atoms with van der Waals surface area (Å²) in [5.74, 6) is 0.965. The lowest BCUT2D eigenvalue weighted by Gasteiger charge is -2.12. The summed E-state index contributed by atoms with van der Waals surface area (Å²) in [4.78, 5) is 14.7. The fourth-order valence-corrected chi connectivity index (χ4v) is 1.81. The Kier molecular flexibility index (Phi) is 3.94. The molecule has 0 aromatic carbocycles. The van der Waals surface area contributed by atoms with Crippen molar-refractivity contribution < 1.29 is 9.90 Å². The number of nitrogens with one attached hydrogen (secondary N) is 1. The van der Waals surface area contributed by atoms with E-state index in [0.717, 1.165) is 5.82 Å². The molecule has 7 nitrogen and oxygen atoms in total. The van der Waals surface area contributed by atoms with Gasteiger partial charge in [-0.1, -0.05) is 6.92 Å². The van der Waals surface area contributed by atoms with Gasteiger partial charge in [0.15, 0.2) is 5.82 Å². The van der Waals surface area contributed by atoms with Crippen molar-refractivity contribution in [3.8, 4) is 0 Å². The van der Waals surface area contributed by atoms with Crippen molar-refractivity contribution in [2.75, 3.05) is 11.9 Å². The molecule has 0 aliphatic carbocycles. The molecule has 2 N–H and O–H groups in total. The number of nitrogens with zero attached hydrogens (tertiary/aromatic N) is 4. The molecule has 0 fully saturated rings. The molecule has 1 atom stereocenters. The fraction of sp³-hybridized carbons (Fsp3) is 0.500. The summed E-state index contributed by atoms with van der Waals surface area (Å²) in [6, 6.07) is 0. The molecule has 2 heterocycles. The number of hydrogen-bond acceptors (Lipinski definition) is 5. The minimum absolute atomic E-state index is 0.185. The maximum Gasteiger partial charge on any atom is 0.303 e. The number of carboxylic acid groups (broad SMARTS) is 1. The molecule has 0 bridgehead atoms. The van der Waals surface area contributed by atoms with E-state index in [9.17, 15) is 4.79 Å². The van der Waals surface area contributed by atoms with Crippen LogP contribution in [0.2, 0.25) is 0 Å². The van der Waals surface area contributed by atoms with Crippen LogP contribution in [-0.2, 0) is 4.79 Å². The number of rotatable bonds is 6. The van der Waals surface area contributed by atoms with Crippen LogP contribution < -0.4 is 5.32 Å². The average Bonchev–Trinajstić information content (AvgIpc) is 2.76. The van der Waals surface area contributed by atoms with Gasteiger partial charge < -0.3 is 10.4 Å². The number of aryl methyl sites for hydroxylation is 1. The van der Waals surface area contributed by atoms with Crippen molar-refractivity contribution in [3.63, 3.8) is 0 Å². The van der Waals surface area contributed by atoms with Crippen molar-refractivity contribution in [1.82, 2.24) is 19.6 Å². The van der Waals surface area contributed by atoms with E-state index in [-0.39, 0.29) is 12.3 Å². The van der Waals surface area contributed by atoms with Crippen molar-refractivity contribution >= 4 is 17.4 Å². The molecule has 1 unspecified atom stereocenters. The predicted octanol–water partition coefficient (Wildman–Crippen LogP) is 1.35. The summed E-state index contributed by atoms with van der Waals surface area (Å²) >= 11 is 0. The van der Waals surface area contributed by atoms with E-state index in [4.69, 9.17) is 5.11 Å². The van der Waals surface area contributed by atoms with Crippen LogP contribution in [0.3, 0.4) is 0 Å². The number of hydrogen-bond donors (Lipinski definition) is 2. The number of fused-ring (bicyclic) bond motifs is 1. The zero-order valence-electron chi connectivity index (χ0n) is 11.0. The zero-order chi connectivity index (χ0) is 13.8. The second-order valence-electron chi connectivity index (χ2n) is 4.64. The first-order valence-electron chi connectivity index (χ1n) is 6.20. The topological polar surface area (TPSA) is 92.4 Å². The zero-order valence-corrected chi connectivity index (χ0v) is 11.0. The molecule has 2 aromatic rings. The molecule has 0 aliphatic heterocycles. The summed E-state index contributed by atoms with van der Waals surface area (Å²) < 4.78 is 1.86. The molecule has 102 valence electrons. The Morgan fingerprint density at radius 1 is 1.53 bits per heavy atom. The second kappa shape index (κ2) is 5.64. The van der Waals surface area contributed by atoms with Gasteiger partial charge in [-0.15, -0.1) is 10.2 Å². The van der Waals surface area contributed by atoms with Crippen LogP contribution in [0.25, 0.3) is 5.65 Å². The number of aliphatic carboxylic acids is 1. The molecule has 2 rings (SSSR count). The molecular weight excluding hydrogens is 246 g/mol. The summed E-state index contributed by atoms with van der Waals surface area (Å²) in [5.41, 5.74) is 0.686. The Balaban J connectivity index is 2.00. The smallest absolute Gasteiger partial charge is 0.303 e. The summed E-state index contributed by atoms with van der Waals surface area (Å²) in [6.07, 6.45) is 4.32. The summed E-state index contributed by atoms with van der Waals surface area (Å²) in [6.45, 7) is 4.54. The standard InChI is InChI=1S/C12H17N5O2/c1-8(3-4-10(18)19)7-14-11-12-16-15-9(2)17(12)6-5-13-11/h5-6,8H,3-4,7H2,1-2H3,(H,13,14)(H,18,19). The monoisotopic (exact) mass is 263 g/mol. The molecule has 7 heteroatoms. The van der Waals surface area contributed by atoms with Crippen LogP contribution in [0.4, 0.5) is 5.82 Å². The van der Waals surface area contributed by atoms with Crippen molar-refractivity contribution in [2.45, 2.75) is 26.7 Å². The summed E-state index contributed by atoms with van der Waals surface area (Å²) in [7, 11) is 0. The highest BCUT2D eigenvalue weighted by molar-refractivity contribution is 5.66. The molecule has 0 radical (unpaired) electrons. The van der Waals surface area contributed by atoms with Gasteiger partial charge in [-0.3, -0.25) is 9.20 Å². The maximum atomic E-state index is 10.5. The molecule has 0 spiro atoms. The minimum Gasteiger partial charge on any atom is -0.481 e. The molecule has 0 saturated heterocycles. The van der Waals surface area contributed by atoms with Crippen LogP contribution in [0.15, 0.2) is 12.4 Å². The van der Waals surface area contributed by atoms with Crippen molar-refractivity contribution in [3.05, 3.63) is 18.2 Å². The first-order valence-corrected chi connectivity index (χ1v) is 6.20. The Bertz CT molecular complexity index is 581. The Hall–Kier alpha value is -2.18. The highest BCUT2D eigenvalue weighted by Gasteiger charge is 2.10. The van der Waals surface area contributed by atoms with E-state index in [2.05, 4.69) is 20.5 Å². The van der Waals surface area contributed by atoms with Crippen LogP contribution in [0.5, 0.6) is 0 Å². The number of carboxylic acids is 1. The van der Waals surface area contributed by atoms with E-state index in [1.165, 1.54) is 0 Å². The normalized spacial score (nSPS) is 12.5. The highest BCUT2D eigenvalue weighted by atomic mass is 16.4. The Morgan fingerprint density at radius 2 is 2.32 bits per heavy atom. The van der Waals surface area contributed by atoms with Gasteiger partial charge in [0, 0.05) is 25.4 Å². The lowest BCUT2D eigenvalue weighted by Crippen LogP contribution is -2.14. The molecule has 2 aromatic heterocycles. The van der Waals surface area contributed by atoms with E-state index in [1.807, 2.05) is 24.4 Å². The summed E-state index contributed by atoms with van der Waals surface area (Å²) in [5, 5.41) is 19.9. The van der Waals surface area contributed by atoms with E-state index in [0.29, 0.717) is 24.4 Å². The Morgan fingerprint density at radius 3 is 3.05 bits per heavy atom. The lowest BCUT2D eigenvalue weighted by atomic mass is 10.1. The molecule has 0 amide bonds. The van der Waals surface area contributed by atoms with E-state index < -0.39 is 5.97 Å². The average molecular weight is 263 g/mol. The fourth-order valence-electron chi connectivity index (χ4n) is 1.81. The quantitative estimate of drug-likeness (QED) is 0.817. The van der Waals surface area contributed by atoms with Gasteiger partial charge in [-0.25, -0.2) is 4.98 Å². The molecule has 0 saturated carbocycles. The number of aromatic nitrogens is 4. The highest BCUT2D eigenvalue weighted by Crippen LogP contribution is 2.13. The van der Waals surface area contributed by atoms with Crippen molar-refractivity contribution in [1.29, 1.82) is 0 Å². The van der Waals surface area contributed by atoms with Crippen LogP contribution >= 0.6 is 0 Å². The van der Waals surface area contributed by atoms with Gasteiger partial charge in [0.1, 0.15) is 5.82 Å². The van der Waals surface area contributed by atoms with Gasteiger partial charge >= 0.3 is 5.97 Å². The Labute approximate surface area is 110 Å². The number of carbonyl (C=O) groups is 1. The van der Waals surface area contributed by atoms with Gasteiger partial charge in [-0.05, 0) is 19.3 Å². The SMILES string of the molecule is Cc1nnc2c(NCC(C)CCC(=O)O)nccn12. The second-order valence-corrected chi connectivity index (χ2v) is 4.64. The molecular formula is C12H17N5O2. The first kappa shape index (κ1) is 13.3. The van der Waals surface area contributed by atoms with Crippen LogP contribution in [-0.4, -0.2) is 37.2 Å². The molecule has 0 aliphatic rings. The minimum atomic E-state index is -0.764. The van der Waals surface area contributed by atoms with Gasteiger partial charge in [-0.2, -0.15) is 0 Å². The third-order valence-electron chi connectivity index (χ3n) is 2.97. The predicted molar refractivity (Wildman–Crippen MR) is 70.0 cm³/mol.